The van der Waals surface area contributed by atoms with E-state index in [1.165, 1.54) is 24.3 Å². The first-order valence-corrected chi connectivity index (χ1v) is 11.5. The van der Waals surface area contributed by atoms with E-state index in [-0.39, 0.29) is 30.1 Å². The van der Waals surface area contributed by atoms with E-state index in [0.29, 0.717) is 43.4 Å². The standard InChI is InChI=1S/C28H24F2N2O4/c29-22-7-4-19(5-8-22)15-32(16-21-2-1-3-23(30)12-21)17-24-9-11-26(36-24)28(33)31-14-20-6-10-25-27(13-20)35-18-34-25/h1-13H,14-18H2,(H,31,33). The van der Waals surface area contributed by atoms with Crippen LogP contribution in [0.3, 0.4) is 0 Å². The number of ether oxygens (including phenoxy) is 2. The Morgan fingerprint density at radius 1 is 0.778 bits per heavy atom. The van der Waals surface area contributed by atoms with Gasteiger partial charge in [0.2, 0.25) is 6.79 Å². The van der Waals surface area contributed by atoms with Gasteiger partial charge in [-0.25, -0.2) is 8.78 Å². The van der Waals surface area contributed by atoms with Gasteiger partial charge in [0.1, 0.15) is 17.4 Å². The van der Waals surface area contributed by atoms with Crippen molar-refractivity contribution in [3.8, 4) is 11.5 Å². The van der Waals surface area contributed by atoms with Gasteiger partial charge in [-0.2, -0.15) is 0 Å². The molecule has 0 aliphatic carbocycles. The van der Waals surface area contributed by atoms with Crippen LogP contribution in [-0.2, 0) is 26.2 Å². The third-order valence-electron chi connectivity index (χ3n) is 5.77. The van der Waals surface area contributed by atoms with Gasteiger partial charge in [-0.3, -0.25) is 9.69 Å². The molecule has 4 aromatic rings. The number of fused-ring (bicyclic) bond motifs is 1. The molecule has 1 aliphatic rings. The zero-order valence-corrected chi connectivity index (χ0v) is 19.4. The summed E-state index contributed by atoms with van der Waals surface area (Å²) in [6.45, 7) is 1.81. The van der Waals surface area contributed by atoms with Crippen LogP contribution in [-0.4, -0.2) is 17.6 Å². The molecule has 2 heterocycles. The SMILES string of the molecule is O=C(NCc1ccc2c(c1)OCO2)c1ccc(CN(Cc2ccc(F)cc2)Cc2cccc(F)c2)o1. The van der Waals surface area contributed by atoms with E-state index in [0.717, 1.165) is 16.7 Å². The van der Waals surface area contributed by atoms with E-state index >= 15 is 0 Å². The fourth-order valence-corrected chi connectivity index (χ4v) is 4.03. The number of carbonyl (C=O) groups is 1. The molecule has 0 saturated carbocycles. The largest absolute Gasteiger partial charge is 0.455 e. The normalized spacial score (nSPS) is 12.2. The Kier molecular flexibility index (Phi) is 6.95. The summed E-state index contributed by atoms with van der Waals surface area (Å²) in [6, 6.07) is 21.5. The fraction of sp³-hybridized carbons (Fsp3) is 0.179. The molecule has 0 spiro atoms. The van der Waals surface area contributed by atoms with Gasteiger partial charge in [-0.15, -0.1) is 0 Å². The molecular weight excluding hydrogens is 466 g/mol. The number of carbonyl (C=O) groups excluding carboxylic acids is 1. The summed E-state index contributed by atoms with van der Waals surface area (Å²) in [4.78, 5) is 14.7. The van der Waals surface area contributed by atoms with Crippen LogP contribution in [0, 0.1) is 11.6 Å². The van der Waals surface area contributed by atoms with Crippen molar-refractivity contribution < 1.29 is 27.5 Å². The molecule has 1 aromatic heterocycles. The van der Waals surface area contributed by atoms with Crippen LogP contribution in [0.5, 0.6) is 11.5 Å². The van der Waals surface area contributed by atoms with Gasteiger partial charge in [0.25, 0.3) is 5.91 Å². The quantitative estimate of drug-likeness (QED) is 0.340. The van der Waals surface area contributed by atoms with Crippen molar-refractivity contribution in [2.75, 3.05) is 6.79 Å². The first-order chi connectivity index (χ1) is 17.5. The Hall–Kier alpha value is -4.17. The molecule has 8 heteroatoms. The Morgan fingerprint density at radius 3 is 2.39 bits per heavy atom. The van der Waals surface area contributed by atoms with Crippen LogP contribution in [0.4, 0.5) is 8.78 Å². The minimum absolute atomic E-state index is 0.192. The van der Waals surface area contributed by atoms with Crippen molar-refractivity contribution in [1.29, 1.82) is 0 Å². The van der Waals surface area contributed by atoms with E-state index < -0.39 is 0 Å². The van der Waals surface area contributed by atoms with Gasteiger partial charge in [0, 0.05) is 19.6 Å². The highest BCUT2D eigenvalue weighted by molar-refractivity contribution is 5.91. The maximum Gasteiger partial charge on any atom is 0.287 e. The molecular formula is C28H24F2N2O4. The molecule has 0 saturated heterocycles. The minimum Gasteiger partial charge on any atom is -0.455 e. The Labute approximate surface area is 207 Å². The zero-order chi connectivity index (χ0) is 24.9. The first-order valence-electron chi connectivity index (χ1n) is 11.5. The van der Waals surface area contributed by atoms with Crippen molar-refractivity contribution in [2.24, 2.45) is 0 Å². The molecule has 0 fully saturated rings. The minimum atomic E-state index is -0.339. The van der Waals surface area contributed by atoms with Crippen molar-refractivity contribution in [2.45, 2.75) is 26.2 Å². The maximum absolute atomic E-state index is 13.7. The monoisotopic (exact) mass is 490 g/mol. The van der Waals surface area contributed by atoms with Gasteiger partial charge < -0.3 is 19.2 Å². The lowest BCUT2D eigenvalue weighted by molar-refractivity contribution is 0.0918. The van der Waals surface area contributed by atoms with E-state index in [2.05, 4.69) is 5.32 Å². The molecule has 184 valence electrons. The fourth-order valence-electron chi connectivity index (χ4n) is 4.03. The average molecular weight is 491 g/mol. The average Bonchev–Trinajstić information content (AvgIpc) is 3.53. The second-order valence-electron chi connectivity index (χ2n) is 8.54. The molecule has 3 aromatic carbocycles. The number of rotatable bonds is 9. The molecule has 6 nitrogen and oxygen atoms in total. The van der Waals surface area contributed by atoms with E-state index in [1.807, 2.05) is 29.2 Å². The van der Waals surface area contributed by atoms with Gasteiger partial charge in [0.15, 0.2) is 17.3 Å². The van der Waals surface area contributed by atoms with E-state index in [1.54, 1.807) is 30.3 Å². The van der Waals surface area contributed by atoms with Crippen molar-refractivity contribution in [1.82, 2.24) is 10.2 Å². The predicted octanol–water partition coefficient (Wildman–Crippen LogP) is 5.42. The summed E-state index contributed by atoms with van der Waals surface area (Å²) in [6.07, 6.45) is 0. The number of amides is 1. The third kappa shape index (κ3) is 5.90. The zero-order valence-electron chi connectivity index (χ0n) is 19.4. The third-order valence-corrected chi connectivity index (χ3v) is 5.77. The molecule has 0 unspecified atom stereocenters. The molecule has 36 heavy (non-hydrogen) atoms. The highest BCUT2D eigenvalue weighted by Crippen LogP contribution is 2.32. The second kappa shape index (κ2) is 10.6. The number of benzene rings is 3. The van der Waals surface area contributed by atoms with Gasteiger partial charge >= 0.3 is 0 Å². The van der Waals surface area contributed by atoms with Crippen molar-refractivity contribution in [3.05, 3.63) is 119 Å². The van der Waals surface area contributed by atoms with Crippen LogP contribution in [0.1, 0.15) is 33.0 Å². The van der Waals surface area contributed by atoms with E-state index in [9.17, 15) is 13.6 Å². The van der Waals surface area contributed by atoms with Gasteiger partial charge in [0.05, 0.1) is 6.54 Å². The van der Waals surface area contributed by atoms with Crippen LogP contribution in [0.2, 0.25) is 0 Å². The summed E-state index contributed by atoms with van der Waals surface area (Å²) in [5.74, 6) is 1.16. The number of hydrogen-bond acceptors (Lipinski definition) is 5. The highest BCUT2D eigenvalue weighted by atomic mass is 19.1. The number of halogens is 2. The number of nitrogens with one attached hydrogen (secondary N) is 1. The lowest BCUT2D eigenvalue weighted by Gasteiger charge is -2.21. The molecule has 0 atom stereocenters. The first kappa shape index (κ1) is 23.6. The number of furan rings is 1. The summed E-state index contributed by atoms with van der Waals surface area (Å²) in [7, 11) is 0. The molecule has 1 N–H and O–H groups in total. The van der Waals surface area contributed by atoms with E-state index in [4.69, 9.17) is 13.9 Å². The van der Waals surface area contributed by atoms with Crippen LogP contribution in [0.25, 0.3) is 0 Å². The molecule has 0 bridgehead atoms. The Morgan fingerprint density at radius 2 is 1.56 bits per heavy atom. The van der Waals surface area contributed by atoms with Gasteiger partial charge in [-0.05, 0) is 65.2 Å². The summed E-state index contributed by atoms with van der Waals surface area (Å²) in [5, 5.41) is 2.84. The summed E-state index contributed by atoms with van der Waals surface area (Å²) >= 11 is 0. The second-order valence-corrected chi connectivity index (χ2v) is 8.54. The van der Waals surface area contributed by atoms with Crippen LogP contribution in [0.15, 0.2) is 83.3 Å². The molecule has 0 radical (unpaired) electrons. The Balaban J connectivity index is 1.24. The summed E-state index contributed by atoms with van der Waals surface area (Å²) < 4.78 is 43.6. The predicted molar refractivity (Wildman–Crippen MR) is 128 cm³/mol. The van der Waals surface area contributed by atoms with Crippen molar-refractivity contribution in [3.63, 3.8) is 0 Å². The molecule has 5 rings (SSSR count). The van der Waals surface area contributed by atoms with Gasteiger partial charge in [-0.1, -0.05) is 30.3 Å². The molecule has 1 amide bonds. The topological polar surface area (TPSA) is 63.9 Å². The lowest BCUT2D eigenvalue weighted by atomic mass is 10.1. The van der Waals surface area contributed by atoms with Crippen molar-refractivity contribution >= 4 is 5.91 Å². The summed E-state index contributed by atoms with van der Waals surface area (Å²) in [5.41, 5.74) is 2.58. The van der Waals surface area contributed by atoms with Crippen LogP contribution >= 0.6 is 0 Å². The maximum atomic E-state index is 13.7. The van der Waals surface area contributed by atoms with Crippen LogP contribution < -0.4 is 14.8 Å². The lowest BCUT2D eigenvalue weighted by Crippen LogP contribution is -2.23. The Bertz CT molecular complexity index is 1350. The molecule has 1 aliphatic heterocycles. The highest BCUT2D eigenvalue weighted by Gasteiger charge is 2.17. The number of nitrogens with zero attached hydrogens (tertiary/aromatic N) is 1. The number of hydrogen-bond donors (Lipinski definition) is 1. The smallest absolute Gasteiger partial charge is 0.287 e.